The van der Waals surface area contributed by atoms with Gasteiger partial charge >= 0.3 is 0 Å². The van der Waals surface area contributed by atoms with Crippen molar-refractivity contribution >= 4 is 11.6 Å². The van der Waals surface area contributed by atoms with Crippen molar-refractivity contribution in [3.63, 3.8) is 0 Å². The van der Waals surface area contributed by atoms with Crippen LogP contribution < -0.4 is 10.6 Å². The number of benzene rings is 1. The Morgan fingerprint density at radius 2 is 1.95 bits per heavy atom. The molecule has 1 aromatic rings. The van der Waals surface area contributed by atoms with Crippen molar-refractivity contribution in [2.45, 2.75) is 33.2 Å². The maximum absolute atomic E-state index is 12.0. The van der Waals surface area contributed by atoms with Crippen molar-refractivity contribution < 1.29 is 9.90 Å². The molecule has 1 atom stereocenters. The first-order valence-corrected chi connectivity index (χ1v) is 6.65. The Hall–Kier alpha value is -1.39. The van der Waals surface area contributed by atoms with Gasteiger partial charge in [-0.15, -0.1) is 0 Å². The molecule has 1 unspecified atom stereocenters. The van der Waals surface area contributed by atoms with E-state index in [0.717, 1.165) is 5.69 Å². The molecule has 0 spiro atoms. The Kier molecular flexibility index (Phi) is 5.99. The van der Waals surface area contributed by atoms with Gasteiger partial charge in [0.15, 0.2) is 0 Å². The number of hydrogen-bond acceptors (Lipinski definition) is 3. The number of carbonyl (C=O) groups excluding carboxylic acids is 1. The molecule has 3 N–H and O–H groups in total. The fraction of sp³-hybridized carbons (Fsp3) is 0.533. The zero-order chi connectivity index (χ0) is 14.3. The second kappa shape index (κ2) is 7.26. The molecule has 19 heavy (non-hydrogen) atoms. The number of anilines is 1. The molecule has 0 bridgehead atoms. The minimum absolute atomic E-state index is 0.0178. The van der Waals surface area contributed by atoms with Gasteiger partial charge in [-0.2, -0.15) is 0 Å². The van der Waals surface area contributed by atoms with Gasteiger partial charge in [0.05, 0.1) is 6.04 Å². The Bertz CT molecular complexity index is 390. The van der Waals surface area contributed by atoms with Gasteiger partial charge in [-0.1, -0.05) is 32.0 Å². The standard InChI is InChI=1S/C15H24N2O2/c1-12(16-11-15(2,3)9-10-18)14(19)17-13-7-5-4-6-8-13/h4-8,12,16,18H,9-11H2,1-3H3,(H,17,19). The zero-order valence-corrected chi connectivity index (χ0v) is 11.9. The molecule has 106 valence electrons. The van der Waals surface area contributed by atoms with Crippen LogP contribution in [0.3, 0.4) is 0 Å². The molecule has 0 saturated heterocycles. The van der Waals surface area contributed by atoms with Gasteiger partial charge in [0.1, 0.15) is 0 Å². The minimum atomic E-state index is -0.266. The number of amides is 1. The first kappa shape index (κ1) is 15.7. The van der Waals surface area contributed by atoms with Crippen molar-refractivity contribution in [2.24, 2.45) is 5.41 Å². The van der Waals surface area contributed by atoms with Gasteiger partial charge in [0.2, 0.25) is 5.91 Å². The number of carbonyl (C=O) groups is 1. The van der Waals surface area contributed by atoms with Crippen LogP contribution in [0.1, 0.15) is 27.2 Å². The van der Waals surface area contributed by atoms with Crippen LogP contribution in [0, 0.1) is 5.41 Å². The van der Waals surface area contributed by atoms with Crippen LogP contribution in [0.2, 0.25) is 0 Å². The normalized spacial score (nSPS) is 13.1. The first-order chi connectivity index (χ1) is 8.94. The summed E-state index contributed by atoms with van der Waals surface area (Å²) in [5.41, 5.74) is 0.784. The summed E-state index contributed by atoms with van der Waals surface area (Å²) in [6.45, 7) is 6.83. The lowest BCUT2D eigenvalue weighted by atomic mass is 9.89. The molecule has 0 aromatic heterocycles. The second-order valence-electron chi connectivity index (χ2n) is 5.60. The number of aliphatic hydroxyl groups is 1. The predicted octanol–water partition coefficient (Wildman–Crippen LogP) is 2.01. The van der Waals surface area contributed by atoms with E-state index < -0.39 is 0 Å². The van der Waals surface area contributed by atoms with E-state index >= 15 is 0 Å². The second-order valence-corrected chi connectivity index (χ2v) is 5.60. The Labute approximate surface area is 115 Å². The third-order valence-electron chi connectivity index (χ3n) is 3.11. The topological polar surface area (TPSA) is 61.4 Å². The predicted molar refractivity (Wildman–Crippen MR) is 78.0 cm³/mol. The van der Waals surface area contributed by atoms with Gasteiger partial charge in [0.25, 0.3) is 0 Å². The van der Waals surface area contributed by atoms with E-state index in [1.54, 1.807) is 0 Å². The molecule has 4 heteroatoms. The van der Waals surface area contributed by atoms with Crippen LogP contribution in [-0.2, 0) is 4.79 Å². The molecule has 1 rings (SSSR count). The van der Waals surface area contributed by atoms with E-state index in [-0.39, 0.29) is 24.0 Å². The van der Waals surface area contributed by atoms with E-state index in [1.807, 2.05) is 37.3 Å². The van der Waals surface area contributed by atoms with E-state index in [2.05, 4.69) is 24.5 Å². The molecule has 0 fully saturated rings. The quantitative estimate of drug-likeness (QED) is 0.706. The summed E-state index contributed by atoms with van der Waals surface area (Å²) in [6.07, 6.45) is 0.715. The molecule has 0 aliphatic heterocycles. The fourth-order valence-corrected chi connectivity index (χ4v) is 1.69. The average molecular weight is 264 g/mol. The van der Waals surface area contributed by atoms with Gasteiger partial charge in [0, 0.05) is 18.8 Å². The third kappa shape index (κ3) is 5.85. The number of hydrogen-bond donors (Lipinski definition) is 3. The van der Waals surface area contributed by atoms with Crippen molar-refractivity contribution in [1.29, 1.82) is 0 Å². The molecule has 0 saturated carbocycles. The smallest absolute Gasteiger partial charge is 0.241 e. The fourth-order valence-electron chi connectivity index (χ4n) is 1.69. The highest BCUT2D eigenvalue weighted by atomic mass is 16.3. The number of para-hydroxylation sites is 1. The molecule has 0 aliphatic rings. The summed E-state index contributed by atoms with van der Waals surface area (Å²) in [5, 5.41) is 15.0. The lowest BCUT2D eigenvalue weighted by Gasteiger charge is -2.26. The molecular weight excluding hydrogens is 240 g/mol. The molecule has 1 amide bonds. The van der Waals surface area contributed by atoms with Crippen molar-refractivity contribution in [3.05, 3.63) is 30.3 Å². The molecule has 0 aliphatic carbocycles. The monoisotopic (exact) mass is 264 g/mol. The molecule has 4 nitrogen and oxygen atoms in total. The van der Waals surface area contributed by atoms with E-state index in [4.69, 9.17) is 5.11 Å². The highest BCUT2D eigenvalue weighted by Crippen LogP contribution is 2.18. The highest BCUT2D eigenvalue weighted by Gasteiger charge is 2.20. The van der Waals surface area contributed by atoms with Crippen LogP contribution >= 0.6 is 0 Å². The molecular formula is C15H24N2O2. The van der Waals surface area contributed by atoms with Crippen LogP contribution in [0.5, 0.6) is 0 Å². The third-order valence-corrected chi connectivity index (χ3v) is 3.11. The summed E-state index contributed by atoms with van der Waals surface area (Å²) in [4.78, 5) is 12.0. The first-order valence-electron chi connectivity index (χ1n) is 6.65. The maximum atomic E-state index is 12.0. The summed E-state index contributed by atoms with van der Waals surface area (Å²) in [6, 6.07) is 9.14. The minimum Gasteiger partial charge on any atom is -0.396 e. The van der Waals surface area contributed by atoms with E-state index in [1.165, 1.54) is 0 Å². The molecule has 0 radical (unpaired) electrons. The van der Waals surface area contributed by atoms with Crippen molar-refractivity contribution in [2.75, 3.05) is 18.5 Å². The average Bonchev–Trinajstić information content (AvgIpc) is 2.37. The van der Waals surface area contributed by atoms with Gasteiger partial charge in [-0.05, 0) is 30.9 Å². The molecule has 1 aromatic carbocycles. The number of aliphatic hydroxyl groups excluding tert-OH is 1. The Morgan fingerprint density at radius 1 is 1.32 bits per heavy atom. The van der Waals surface area contributed by atoms with Gasteiger partial charge in [-0.3, -0.25) is 4.79 Å². The van der Waals surface area contributed by atoms with E-state index in [9.17, 15) is 4.79 Å². The van der Waals surface area contributed by atoms with Crippen molar-refractivity contribution in [3.8, 4) is 0 Å². The lowest BCUT2D eigenvalue weighted by Crippen LogP contribution is -2.42. The summed E-state index contributed by atoms with van der Waals surface area (Å²) >= 11 is 0. The Morgan fingerprint density at radius 3 is 2.53 bits per heavy atom. The zero-order valence-electron chi connectivity index (χ0n) is 11.9. The molecule has 0 heterocycles. The van der Waals surface area contributed by atoms with Crippen LogP contribution in [0.15, 0.2) is 30.3 Å². The van der Waals surface area contributed by atoms with Crippen molar-refractivity contribution in [1.82, 2.24) is 5.32 Å². The Balaban J connectivity index is 2.41. The summed E-state index contributed by atoms with van der Waals surface area (Å²) in [5.74, 6) is -0.0500. The van der Waals surface area contributed by atoms with Crippen LogP contribution in [0.25, 0.3) is 0 Å². The SMILES string of the molecule is CC(NCC(C)(C)CCO)C(=O)Nc1ccccc1. The lowest BCUT2D eigenvalue weighted by molar-refractivity contribution is -0.117. The maximum Gasteiger partial charge on any atom is 0.241 e. The number of rotatable bonds is 7. The number of nitrogens with one attached hydrogen (secondary N) is 2. The van der Waals surface area contributed by atoms with Crippen LogP contribution in [0.4, 0.5) is 5.69 Å². The highest BCUT2D eigenvalue weighted by molar-refractivity contribution is 5.94. The largest absolute Gasteiger partial charge is 0.396 e. The van der Waals surface area contributed by atoms with Gasteiger partial charge < -0.3 is 15.7 Å². The van der Waals surface area contributed by atoms with E-state index in [0.29, 0.717) is 13.0 Å². The summed E-state index contributed by atoms with van der Waals surface area (Å²) < 4.78 is 0. The van der Waals surface area contributed by atoms with Gasteiger partial charge in [-0.25, -0.2) is 0 Å². The summed E-state index contributed by atoms with van der Waals surface area (Å²) in [7, 11) is 0. The van der Waals surface area contributed by atoms with Crippen LogP contribution in [-0.4, -0.2) is 30.2 Å².